The Morgan fingerprint density at radius 2 is 1.95 bits per heavy atom. The lowest BCUT2D eigenvalue weighted by Crippen LogP contribution is -2.12. The highest BCUT2D eigenvalue weighted by Crippen LogP contribution is 2.46. The molecule has 2 aliphatic rings. The fourth-order valence-corrected chi connectivity index (χ4v) is 3.27. The van der Waals surface area contributed by atoms with Crippen LogP contribution in [0, 0.1) is 0 Å². The minimum absolute atomic E-state index is 0.0184. The van der Waals surface area contributed by atoms with E-state index in [4.69, 9.17) is 16.1 Å². The molecule has 4 nitrogen and oxygen atoms in total. The zero-order valence-electron chi connectivity index (χ0n) is 10.9. The monoisotopic (exact) mass is 296 g/mol. The Bertz CT molecular complexity index is 941. The van der Waals surface area contributed by atoms with Crippen molar-refractivity contribution in [1.29, 1.82) is 0 Å². The Morgan fingerprint density at radius 1 is 1.19 bits per heavy atom. The van der Waals surface area contributed by atoms with Crippen molar-refractivity contribution < 1.29 is 9.32 Å². The first-order valence-electron chi connectivity index (χ1n) is 6.76. The van der Waals surface area contributed by atoms with Crippen LogP contribution in [-0.4, -0.2) is 24.0 Å². The Morgan fingerprint density at radius 3 is 2.71 bits per heavy atom. The molecule has 1 aromatic heterocycles. The second kappa shape index (κ2) is 3.65. The van der Waals surface area contributed by atoms with Crippen molar-refractivity contribution in [2.45, 2.75) is 0 Å². The van der Waals surface area contributed by atoms with Gasteiger partial charge in [-0.05, 0) is 6.07 Å². The van der Waals surface area contributed by atoms with Gasteiger partial charge < -0.3 is 9.42 Å². The molecule has 0 saturated carbocycles. The molecule has 5 heteroatoms. The normalized spacial score (nSPS) is 15.5. The number of carbonyl (C=O) groups excluding carboxylic acids is 1. The summed E-state index contributed by atoms with van der Waals surface area (Å²) in [6.07, 6.45) is 0. The lowest BCUT2D eigenvalue weighted by molar-refractivity contribution is 0.104. The highest BCUT2D eigenvalue weighted by Gasteiger charge is 2.35. The third-order valence-electron chi connectivity index (χ3n) is 4.12. The van der Waals surface area contributed by atoms with E-state index in [2.05, 4.69) is 10.1 Å². The molecule has 0 N–H and O–H groups in total. The summed E-state index contributed by atoms with van der Waals surface area (Å²) in [5.41, 5.74) is 3.57. The summed E-state index contributed by atoms with van der Waals surface area (Å²) in [5, 5.41) is 5.34. The molecule has 21 heavy (non-hydrogen) atoms. The van der Waals surface area contributed by atoms with Gasteiger partial charge in [0, 0.05) is 24.2 Å². The zero-order valence-corrected chi connectivity index (χ0v) is 11.6. The molecular formula is C16H9ClN2O2. The van der Waals surface area contributed by atoms with Crippen LogP contribution < -0.4 is 4.90 Å². The zero-order chi connectivity index (χ0) is 14.1. The Labute approximate surface area is 124 Å². The van der Waals surface area contributed by atoms with E-state index in [1.165, 1.54) is 0 Å². The second-order valence-corrected chi connectivity index (χ2v) is 5.76. The summed E-state index contributed by atoms with van der Waals surface area (Å²) in [6, 6.07) is 9.29. The van der Waals surface area contributed by atoms with Crippen LogP contribution in [0.25, 0.3) is 22.2 Å². The van der Waals surface area contributed by atoms with E-state index in [1.54, 1.807) is 0 Å². The predicted molar refractivity (Wildman–Crippen MR) is 80.1 cm³/mol. The number of rotatable bonds is 1. The fourth-order valence-electron chi connectivity index (χ4n) is 3.04. The van der Waals surface area contributed by atoms with E-state index < -0.39 is 0 Å². The molecule has 2 heterocycles. The molecule has 0 amide bonds. The maximum atomic E-state index is 12.9. The second-order valence-electron chi connectivity index (χ2n) is 5.35. The molecular weight excluding hydrogens is 288 g/mol. The summed E-state index contributed by atoms with van der Waals surface area (Å²) in [5.74, 6) is 0.658. The summed E-state index contributed by atoms with van der Waals surface area (Å²) in [6.45, 7) is 1.90. The Hall–Kier alpha value is -2.33. The van der Waals surface area contributed by atoms with Crippen LogP contribution in [0.15, 0.2) is 34.9 Å². The van der Waals surface area contributed by atoms with E-state index in [-0.39, 0.29) is 5.78 Å². The lowest BCUT2D eigenvalue weighted by Gasteiger charge is -2.17. The van der Waals surface area contributed by atoms with Crippen molar-refractivity contribution >= 4 is 34.0 Å². The topological polar surface area (TPSA) is 46.1 Å². The number of fused-ring (bicyclic) bond motifs is 2. The number of anilines is 1. The van der Waals surface area contributed by atoms with Crippen LogP contribution in [0.3, 0.4) is 0 Å². The van der Waals surface area contributed by atoms with Crippen LogP contribution >= 0.6 is 11.6 Å². The van der Waals surface area contributed by atoms with E-state index in [1.807, 2.05) is 30.3 Å². The first-order valence-corrected chi connectivity index (χ1v) is 7.14. The fraction of sp³-hybridized carbons (Fsp3) is 0.125. The highest BCUT2D eigenvalue weighted by atomic mass is 35.5. The van der Waals surface area contributed by atoms with Crippen LogP contribution in [0.1, 0.15) is 15.9 Å². The van der Waals surface area contributed by atoms with Crippen molar-refractivity contribution in [2.75, 3.05) is 18.0 Å². The highest BCUT2D eigenvalue weighted by molar-refractivity contribution is 6.38. The molecule has 5 rings (SSSR count). The smallest absolute Gasteiger partial charge is 0.196 e. The molecule has 1 aliphatic carbocycles. The van der Waals surface area contributed by atoms with Crippen molar-refractivity contribution in [1.82, 2.24) is 5.16 Å². The number of carbonyl (C=O) groups is 1. The molecule has 3 aromatic rings. The number of hydrogen-bond donors (Lipinski definition) is 0. The quantitative estimate of drug-likeness (QED) is 0.504. The van der Waals surface area contributed by atoms with Crippen molar-refractivity contribution in [3.05, 3.63) is 46.5 Å². The van der Waals surface area contributed by atoms with E-state index in [0.717, 1.165) is 29.7 Å². The molecule has 1 saturated heterocycles. The molecule has 1 fully saturated rings. The van der Waals surface area contributed by atoms with Gasteiger partial charge in [-0.15, -0.1) is 0 Å². The minimum atomic E-state index is 0.0184. The number of hydrogen-bond acceptors (Lipinski definition) is 4. The van der Waals surface area contributed by atoms with Gasteiger partial charge in [-0.25, -0.2) is 0 Å². The molecule has 102 valence electrons. The van der Waals surface area contributed by atoms with Crippen LogP contribution in [0.4, 0.5) is 5.69 Å². The van der Waals surface area contributed by atoms with Gasteiger partial charge in [-0.3, -0.25) is 4.79 Å². The van der Waals surface area contributed by atoms with Crippen molar-refractivity contribution in [3.8, 4) is 11.3 Å². The lowest BCUT2D eigenvalue weighted by atomic mass is 9.87. The van der Waals surface area contributed by atoms with E-state index >= 15 is 0 Å². The first-order chi connectivity index (χ1) is 10.3. The van der Waals surface area contributed by atoms with Gasteiger partial charge in [0.25, 0.3) is 0 Å². The van der Waals surface area contributed by atoms with Gasteiger partial charge in [0.2, 0.25) is 0 Å². The SMILES string of the molecule is O=C1c2ccccc2-c2onc3c(Cl)cc(N4CC4)c1c23. The molecule has 2 aromatic carbocycles. The van der Waals surface area contributed by atoms with Gasteiger partial charge in [-0.1, -0.05) is 41.0 Å². The molecule has 0 spiro atoms. The maximum absolute atomic E-state index is 12.9. The molecule has 0 radical (unpaired) electrons. The van der Waals surface area contributed by atoms with Gasteiger partial charge in [0.05, 0.1) is 21.7 Å². The largest absolute Gasteiger partial charge is 0.367 e. The van der Waals surface area contributed by atoms with E-state index in [9.17, 15) is 4.79 Å². The number of aromatic nitrogens is 1. The minimum Gasteiger partial charge on any atom is -0.367 e. The Kier molecular flexibility index (Phi) is 1.97. The molecule has 1 aliphatic heterocycles. The summed E-state index contributed by atoms with van der Waals surface area (Å²) in [7, 11) is 0. The van der Waals surface area contributed by atoms with Crippen LogP contribution in [0.2, 0.25) is 5.02 Å². The van der Waals surface area contributed by atoms with Gasteiger partial charge in [0.15, 0.2) is 11.5 Å². The molecule has 0 bridgehead atoms. The Balaban J connectivity index is 2.00. The predicted octanol–water partition coefficient (Wildman–Crippen LogP) is 3.51. The van der Waals surface area contributed by atoms with Crippen molar-refractivity contribution in [3.63, 3.8) is 0 Å². The van der Waals surface area contributed by atoms with Gasteiger partial charge in [-0.2, -0.15) is 0 Å². The maximum Gasteiger partial charge on any atom is 0.196 e. The average Bonchev–Trinajstić information content (AvgIpc) is 3.25. The summed E-state index contributed by atoms with van der Waals surface area (Å²) < 4.78 is 5.50. The summed E-state index contributed by atoms with van der Waals surface area (Å²) in [4.78, 5) is 15.0. The number of ketones is 1. The number of nitrogens with zero attached hydrogens (tertiary/aromatic N) is 2. The van der Waals surface area contributed by atoms with Crippen molar-refractivity contribution in [2.24, 2.45) is 0 Å². The first kappa shape index (κ1) is 11.3. The molecule has 0 unspecified atom stereocenters. The number of halogens is 1. The van der Waals surface area contributed by atoms with E-state index in [0.29, 0.717) is 27.4 Å². The van der Waals surface area contributed by atoms with Crippen LogP contribution in [-0.2, 0) is 0 Å². The van der Waals surface area contributed by atoms with Gasteiger partial charge in [0.1, 0.15) is 5.52 Å². The summed E-state index contributed by atoms with van der Waals surface area (Å²) >= 11 is 6.31. The average molecular weight is 297 g/mol. The molecule has 0 atom stereocenters. The van der Waals surface area contributed by atoms with Gasteiger partial charge >= 0.3 is 0 Å². The van der Waals surface area contributed by atoms with Crippen LogP contribution in [0.5, 0.6) is 0 Å². The third-order valence-corrected chi connectivity index (χ3v) is 4.41. The number of benzene rings is 2. The third kappa shape index (κ3) is 1.35. The standard InChI is InChI=1S/C16H9ClN2O2/c17-10-7-11(19-5-6-19)12-13-14(10)18-21-16(13)9-4-2-1-3-8(9)15(12)20/h1-4,7H,5-6H2.